The molecule has 6 heteroatoms. The Kier molecular flexibility index (Phi) is 4.77. The molecule has 1 saturated heterocycles. The molecule has 0 aromatic heterocycles. The topological polar surface area (TPSA) is 47.3 Å². The van der Waals surface area contributed by atoms with E-state index in [0.29, 0.717) is 41.8 Å². The lowest BCUT2D eigenvalue weighted by atomic mass is 10.0. The lowest BCUT2D eigenvalue weighted by Crippen LogP contribution is -2.55. The second-order valence-electron chi connectivity index (χ2n) is 5.57. The van der Waals surface area contributed by atoms with E-state index in [-0.39, 0.29) is 5.91 Å². The molecule has 1 amide bonds. The minimum Gasteiger partial charge on any atom is -0.336 e. The molecule has 0 saturated carbocycles. The van der Waals surface area contributed by atoms with Gasteiger partial charge in [-0.2, -0.15) is 5.26 Å². The third kappa shape index (κ3) is 3.49. The number of piperazine rings is 1. The summed E-state index contributed by atoms with van der Waals surface area (Å²) < 4.78 is 0. The standard InChI is InChI=1S/C15H17Cl2N3O/c1-15(2,10-18)20-7-5-19(6-8-20)14(21)12-4-3-11(16)9-13(12)17/h3-4,9H,5-8H2,1-2H3. The molecule has 1 aromatic carbocycles. The first-order valence-corrected chi connectivity index (χ1v) is 7.51. The van der Waals surface area contributed by atoms with Crippen LogP contribution in [0.5, 0.6) is 0 Å². The predicted molar refractivity (Wildman–Crippen MR) is 83.6 cm³/mol. The maximum absolute atomic E-state index is 12.5. The van der Waals surface area contributed by atoms with E-state index in [9.17, 15) is 4.79 Å². The van der Waals surface area contributed by atoms with E-state index in [1.807, 2.05) is 13.8 Å². The van der Waals surface area contributed by atoms with Gasteiger partial charge >= 0.3 is 0 Å². The summed E-state index contributed by atoms with van der Waals surface area (Å²) >= 11 is 11.9. The molecular weight excluding hydrogens is 309 g/mol. The maximum atomic E-state index is 12.5. The van der Waals surface area contributed by atoms with Gasteiger partial charge < -0.3 is 4.90 Å². The number of amides is 1. The molecule has 0 spiro atoms. The van der Waals surface area contributed by atoms with Crippen molar-refractivity contribution in [3.8, 4) is 6.07 Å². The molecule has 0 atom stereocenters. The van der Waals surface area contributed by atoms with E-state index in [1.165, 1.54) is 0 Å². The molecule has 0 bridgehead atoms. The normalized spacial score (nSPS) is 16.6. The number of benzene rings is 1. The minimum atomic E-state index is -0.507. The van der Waals surface area contributed by atoms with Crippen LogP contribution in [0.3, 0.4) is 0 Å². The third-order valence-electron chi connectivity index (χ3n) is 3.79. The fourth-order valence-corrected chi connectivity index (χ4v) is 2.86. The van der Waals surface area contributed by atoms with Gasteiger partial charge in [0.15, 0.2) is 0 Å². The van der Waals surface area contributed by atoms with Crippen LogP contribution >= 0.6 is 23.2 Å². The molecule has 112 valence electrons. The first-order valence-electron chi connectivity index (χ1n) is 6.76. The SMILES string of the molecule is CC(C)(C#N)N1CCN(C(=O)c2ccc(Cl)cc2Cl)CC1. The minimum absolute atomic E-state index is 0.0916. The molecular formula is C15H17Cl2N3O. The van der Waals surface area contributed by atoms with Crippen LogP contribution in [-0.2, 0) is 0 Å². The van der Waals surface area contributed by atoms with Gasteiger partial charge in [-0.1, -0.05) is 23.2 Å². The highest BCUT2D eigenvalue weighted by atomic mass is 35.5. The van der Waals surface area contributed by atoms with E-state index in [4.69, 9.17) is 28.5 Å². The van der Waals surface area contributed by atoms with E-state index in [2.05, 4.69) is 11.0 Å². The van der Waals surface area contributed by atoms with Crippen LogP contribution in [-0.4, -0.2) is 47.4 Å². The summed E-state index contributed by atoms with van der Waals surface area (Å²) in [6, 6.07) is 7.18. The van der Waals surface area contributed by atoms with Crippen molar-refractivity contribution in [2.75, 3.05) is 26.2 Å². The van der Waals surface area contributed by atoms with Crippen LogP contribution in [0, 0.1) is 11.3 Å². The lowest BCUT2D eigenvalue weighted by molar-refractivity contribution is 0.0521. The summed E-state index contributed by atoms with van der Waals surface area (Å²) in [6.45, 7) is 6.31. The van der Waals surface area contributed by atoms with E-state index in [0.717, 1.165) is 0 Å². The van der Waals surface area contributed by atoms with Crippen molar-refractivity contribution in [1.29, 1.82) is 5.26 Å². The Morgan fingerprint density at radius 3 is 2.38 bits per heavy atom. The van der Waals surface area contributed by atoms with E-state index >= 15 is 0 Å². The first kappa shape index (κ1) is 16.1. The van der Waals surface area contributed by atoms with Gasteiger partial charge in [0.1, 0.15) is 5.54 Å². The molecule has 1 heterocycles. The summed E-state index contributed by atoms with van der Waals surface area (Å²) in [6.07, 6.45) is 0. The molecule has 21 heavy (non-hydrogen) atoms. The van der Waals surface area contributed by atoms with E-state index < -0.39 is 5.54 Å². The molecule has 0 unspecified atom stereocenters. The lowest BCUT2D eigenvalue weighted by Gasteiger charge is -2.40. The Morgan fingerprint density at radius 1 is 1.24 bits per heavy atom. The summed E-state index contributed by atoms with van der Waals surface area (Å²) in [7, 11) is 0. The number of nitrogens with zero attached hydrogens (tertiary/aromatic N) is 3. The molecule has 4 nitrogen and oxygen atoms in total. The molecule has 2 rings (SSSR count). The fourth-order valence-electron chi connectivity index (χ4n) is 2.37. The third-order valence-corrected chi connectivity index (χ3v) is 4.34. The Bertz CT molecular complexity index is 587. The molecule has 0 aliphatic carbocycles. The molecule has 1 aliphatic heterocycles. The maximum Gasteiger partial charge on any atom is 0.255 e. The van der Waals surface area contributed by atoms with Crippen molar-refractivity contribution in [2.24, 2.45) is 0 Å². The Hall–Kier alpha value is -1.28. The molecule has 1 aromatic rings. The van der Waals surface area contributed by atoms with Gasteiger partial charge in [-0.15, -0.1) is 0 Å². The second-order valence-corrected chi connectivity index (χ2v) is 6.42. The van der Waals surface area contributed by atoms with Crippen molar-refractivity contribution < 1.29 is 4.79 Å². The fraction of sp³-hybridized carbons (Fsp3) is 0.467. The number of rotatable bonds is 2. The number of carbonyl (C=O) groups is 1. The smallest absolute Gasteiger partial charge is 0.255 e. The Morgan fingerprint density at radius 2 is 1.86 bits per heavy atom. The van der Waals surface area contributed by atoms with E-state index in [1.54, 1.807) is 23.1 Å². The van der Waals surface area contributed by atoms with Gasteiger partial charge in [-0.3, -0.25) is 9.69 Å². The second kappa shape index (κ2) is 6.23. The van der Waals surface area contributed by atoms with Gasteiger partial charge in [0.25, 0.3) is 5.91 Å². The van der Waals surface area contributed by atoms with Crippen LogP contribution < -0.4 is 0 Å². The Labute approximate surface area is 134 Å². The van der Waals surface area contributed by atoms with Gasteiger partial charge in [0.05, 0.1) is 16.7 Å². The number of carbonyl (C=O) groups excluding carboxylic acids is 1. The van der Waals surface area contributed by atoms with Gasteiger partial charge in [-0.25, -0.2) is 0 Å². The van der Waals surface area contributed by atoms with Gasteiger partial charge in [0.2, 0.25) is 0 Å². The van der Waals surface area contributed by atoms with Crippen molar-refractivity contribution in [3.63, 3.8) is 0 Å². The molecule has 1 fully saturated rings. The number of nitriles is 1. The summed E-state index contributed by atoms with van der Waals surface area (Å²) in [5.74, 6) is -0.0916. The predicted octanol–water partition coefficient (Wildman–Crippen LogP) is 3.05. The van der Waals surface area contributed by atoms with Gasteiger partial charge in [0, 0.05) is 31.2 Å². The number of hydrogen-bond donors (Lipinski definition) is 0. The molecule has 0 N–H and O–H groups in total. The zero-order valence-corrected chi connectivity index (χ0v) is 13.6. The zero-order valence-electron chi connectivity index (χ0n) is 12.1. The average Bonchev–Trinajstić information content (AvgIpc) is 2.47. The number of halogens is 2. The largest absolute Gasteiger partial charge is 0.336 e. The average molecular weight is 326 g/mol. The summed E-state index contributed by atoms with van der Waals surface area (Å²) in [5, 5.41) is 10.0. The summed E-state index contributed by atoms with van der Waals surface area (Å²) in [4.78, 5) is 16.3. The van der Waals surface area contributed by atoms with Crippen molar-refractivity contribution >= 4 is 29.1 Å². The highest BCUT2D eigenvalue weighted by Gasteiger charge is 2.31. The van der Waals surface area contributed by atoms with Crippen molar-refractivity contribution in [3.05, 3.63) is 33.8 Å². The van der Waals surface area contributed by atoms with Crippen molar-refractivity contribution in [2.45, 2.75) is 19.4 Å². The number of hydrogen-bond acceptors (Lipinski definition) is 3. The van der Waals surface area contributed by atoms with Crippen LogP contribution in [0.1, 0.15) is 24.2 Å². The zero-order chi connectivity index (χ0) is 15.6. The van der Waals surface area contributed by atoms with Crippen LogP contribution in [0.4, 0.5) is 0 Å². The summed E-state index contributed by atoms with van der Waals surface area (Å²) in [5.41, 5.74) is -0.0402. The van der Waals surface area contributed by atoms with Crippen molar-refractivity contribution in [1.82, 2.24) is 9.80 Å². The quantitative estimate of drug-likeness (QED) is 0.839. The highest BCUT2D eigenvalue weighted by molar-refractivity contribution is 6.36. The molecule has 0 radical (unpaired) electrons. The van der Waals surface area contributed by atoms with Crippen LogP contribution in [0.15, 0.2) is 18.2 Å². The first-order chi connectivity index (χ1) is 9.85. The monoisotopic (exact) mass is 325 g/mol. The van der Waals surface area contributed by atoms with Crippen LogP contribution in [0.25, 0.3) is 0 Å². The Balaban J connectivity index is 2.06. The molecule has 1 aliphatic rings. The van der Waals surface area contributed by atoms with Crippen LogP contribution in [0.2, 0.25) is 10.0 Å². The van der Waals surface area contributed by atoms with Gasteiger partial charge in [-0.05, 0) is 32.0 Å². The highest BCUT2D eigenvalue weighted by Crippen LogP contribution is 2.23.